The molecule has 0 saturated carbocycles. The summed E-state index contributed by atoms with van der Waals surface area (Å²) in [7, 11) is -3.88. The van der Waals surface area contributed by atoms with Gasteiger partial charge in [0, 0.05) is 15.9 Å². The van der Waals surface area contributed by atoms with Gasteiger partial charge in [-0.3, -0.25) is 9.10 Å². The molecule has 0 aliphatic rings. The summed E-state index contributed by atoms with van der Waals surface area (Å²) in [5.41, 5.74) is 0.432. The molecule has 31 heavy (non-hydrogen) atoms. The lowest BCUT2D eigenvalue weighted by molar-refractivity contribution is -0.119. The maximum Gasteiger partial charge on any atom is 0.264 e. The van der Waals surface area contributed by atoms with Crippen LogP contribution < -0.4 is 9.62 Å². The van der Waals surface area contributed by atoms with E-state index in [0.29, 0.717) is 12.2 Å². The Kier molecular flexibility index (Phi) is 8.57. The van der Waals surface area contributed by atoms with E-state index in [1.807, 2.05) is 30.3 Å². The van der Waals surface area contributed by atoms with E-state index >= 15 is 0 Å². The Bertz CT molecular complexity index is 1080. The molecule has 0 aliphatic carbocycles. The van der Waals surface area contributed by atoms with Crippen LogP contribution in [0.3, 0.4) is 0 Å². The zero-order valence-electron chi connectivity index (χ0n) is 16.8. The Labute approximate surface area is 196 Å². The van der Waals surface area contributed by atoms with Gasteiger partial charge in [0.1, 0.15) is 6.54 Å². The second-order valence-corrected chi connectivity index (χ2v) is 10.6. The zero-order valence-corrected chi connectivity index (χ0v) is 20.0. The highest BCUT2D eigenvalue weighted by Crippen LogP contribution is 2.25. The molecule has 1 amide bonds. The molecule has 0 saturated heterocycles. The topological polar surface area (TPSA) is 66.5 Å². The van der Waals surface area contributed by atoms with Gasteiger partial charge in [0.15, 0.2) is 0 Å². The monoisotopic (exact) mass is 518 g/mol. The molecule has 0 spiro atoms. The number of hydrogen-bond acceptors (Lipinski definition) is 4. The molecular weight excluding hydrogens is 496 g/mol. The first-order chi connectivity index (χ1) is 15.0. The molecule has 3 rings (SSSR count). The van der Waals surface area contributed by atoms with Crippen molar-refractivity contribution in [3.8, 4) is 0 Å². The number of benzene rings is 3. The Morgan fingerprint density at radius 2 is 1.52 bits per heavy atom. The van der Waals surface area contributed by atoms with E-state index in [1.54, 1.807) is 54.2 Å². The van der Waals surface area contributed by atoms with Gasteiger partial charge in [-0.2, -0.15) is 0 Å². The second kappa shape index (κ2) is 11.4. The predicted octanol–water partition coefficient (Wildman–Crippen LogP) is 4.94. The van der Waals surface area contributed by atoms with Gasteiger partial charge in [-0.05, 0) is 60.7 Å². The summed E-state index contributed by atoms with van der Waals surface area (Å²) >= 11 is 5.08. The molecule has 8 heteroatoms. The number of thioether (sulfide) groups is 1. The molecule has 0 aromatic heterocycles. The fourth-order valence-corrected chi connectivity index (χ4v) is 5.42. The summed E-state index contributed by atoms with van der Waals surface area (Å²) in [6.07, 6.45) is 0.787. The van der Waals surface area contributed by atoms with Crippen LogP contribution in [0.4, 0.5) is 5.69 Å². The molecule has 0 bridgehead atoms. The number of rotatable bonds is 10. The number of carbonyl (C=O) groups is 1. The number of hydrogen-bond donors (Lipinski definition) is 1. The number of nitrogens with zero attached hydrogens (tertiary/aromatic N) is 1. The number of anilines is 1. The van der Waals surface area contributed by atoms with E-state index < -0.39 is 10.0 Å². The molecule has 0 aliphatic heterocycles. The van der Waals surface area contributed by atoms with E-state index in [0.717, 1.165) is 21.0 Å². The van der Waals surface area contributed by atoms with Crippen molar-refractivity contribution in [2.75, 3.05) is 23.1 Å². The quantitative estimate of drug-likeness (QED) is 0.304. The lowest BCUT2D eigenvalue weighted by atomic mass is 10.3. The average Bonchev–Trinajstić information content (AvgIpc) is 2.79. The first-order valence-electron chi connectivity index (χ1n) is 9.75. The minimum Gasteiger partial charge on any atom is -0.354 e. The normalized spacial score (nSPS) is 11.1. The molecule has 3 aromatic rings. The van der Waals surface area contributed by atoms with Gasteiger partial charge in [-0.25, -0.2) is 8.42 Å². The molecule has 0 fully saturated rings. The Morgan fingerprint density at radius 3 is 2.16 bits per heavy atom. The lowest BCUT2D eigenvalue weighted by Gasteiger charge is -2.24. The molecule has 0 atom stereocenters. The first-order valence-corrected chi connectivity index (χ1v) is 13.0. The van der Waals surface area contributed by atoms with Crippen LogP contribution in [0.15, 0.2) is 99.2 Å². The lowest BCUT2D eigenvalue weighted by Crippen LogP contribution is -2.41. The van der Waals surface area contributed by atoms with E-state index in [-0.39, 0.29) is 17.3 Å². The van der Waals surface area contributed by atoms with Crippen molar-refractivity contribution in [2.24, 2.45) is 0 Å². The number of sulfonamides is 1. The highest BCUT2D eigenvalue weighted by atomic mass is 79.9. The van der Waals surface area contributed by atoms with Crippen LogP contribution in [0.1, 0.15) is 6.42 Å². The van der Waals surface area contributed by atoms with Gasteiger partial charge in [0.05, 0.1) is 10.6 Å². The van der Waals surface area contributed by atoms with Crippen molar-refractivity contribution in [2.45, 2.75) is 16.2 Å². The Morgan fingerprint density at radius 1 is 0.903 bits per heavy atom. The smallest absolute Gasteiger partial charge is 0.264 e. The van der Waals surface area contributed by atoms with Crippen LogP contribution in [-0.4, -0.2) is 33.2 Å². The van der Waals surface area contributed by atoms with E-state index in [2.05, 4.69) is 21.2 Å². The van der Waals surface area contributed by atoms with Crippen LogP contribution in [0.25, 0.3) is 0 Å². The molecule has 162 valence electrons. The summed E-state index contributed by atoms with van der Waals surface area (Å²) in [5.74, 6) is 0.524. The Hall–Kier alpha value is -2.29. The molecule has 1 N–H and O–H groups in total. The highest BCUT2D eigenvalue weighted by molar-refractivity contribution is 9.10. The summed E-state index contributed by atoms with van der Waals surface area (Å²) in [5, 5.41) is 2.84. The van der Waals surface area contributed by atoms with Crippen molar-refractivity contribution in [3.63, 3.8) is 0 Å². The zero-order chi connectivity index (χ0) is 22.1. The minimum atomic E-state index is -3.88. The fraction of sp³-hybridized carbons (Fsp3) is 0.174. The van der Waals surface area contributed by atoms with E-state index in [9.17, 15) is 13.2 Å². The molecular formula is C23H23BrN2O3S2. The van der Waals surface area contributed by atoms with Crippen LogP contribution in [0.2, 0.25) is 0 Å². The van der Waals surface area contributed by atoms with Gasteiger partial charge in [0.25, 0.3) is 10.0 Å². The van der Waals surface area contributed by atoms with Crippen LogP contribution >= 0.6 is 27.7 Å². The number of amides is 1. The molecule has 5 nitrogen and oxygen atoms in total. The van der Waals surface area contributed by atoms with Crippen LogP contribution in [-0.2, 0) is 14.8 Å². The number of halogens is 1. The van der Waals surface area contributed by atoms with Gasteiger partial charge >= 0.3 is 0 Å². The third kappa shape index (κ3) is 6.85. The van der Waals surface area contributed by atoms with Gasteiger partial charge in [-0.1, -0.05) is 52.3 Å². The van der Waals surface area contributed by atoms with Crippen LogP contribution in [0, 0.1) is 0 Å². The molecule has 3 aromatic carbocycles. The molecule has 0 radical (unpaired) electrons. The molecule has 0 unspecified atom stereocenters. The third-order valence-electron chi connectivity index (χ3n) is 4.39. The van der Waals surface area contributed by atoms with E-state index in [1.165, 1.54) is 17.0 Å². The number of nitrogens with one attached hydrogen (secondary N) is 1. The van der Waals surface area contributed by atoms with Crippen molar-refractivity contribution >= 4 is 49.3 Å². The van der Waals surface area contributed by atoms with E-state index in [4.69, 9.17) is 0 Å². The predicted molar refractivity (Wildman–Crippen MR) is 130 cm³/mol. The first kappa shape index (κ1) is 23.4. The van der Waals surface area contributed by atoms with Crippen molar-refractivity contribution < 1.29 is 13.2 Å². The second-order valence-electron chi connectivity index (χ2n) is 6.67. The van der Waals surface area contributed by atoms with Gasteiger partial charge in [-0.15, -0.1) is 11.8 Å². The summed E-state index contributed by atoms with van der Waals surface area (Å²) in [4.78, 5) is 13.9. The van der Waals surface area contributed by atoms with Crippen molar-refractivity contribution in [1.29, 1.82) is 0 Å². The van der Waals surface area contributed by atoms with Crippen molar-refractivity contribution in [1.82, 2.24) is 5.32 Å². The Balaban J connectivity index is 1.63. The maximum absolute atomic E-state index is 13.2. The standard InChI is InChI=1S/C23H23BrN2O3S2/c24-19-12-14-20(15-13-19)26(31(28,29)22-10-5-2-6-11-22)18-23(27)25-16-7-17-30-21-8-3-1-4-9-21/h1-6,8-15H,7,16-18H2,(H,25,27). The summed E-state index contributed by atoms with van der Waals surface area (Å²) in [6, 6.07) is 25.1. The summed E-state index contributed by atoms with van der Waals surface area (Å²) in [6.45, 7) is 0.197. The average molecular weight is 519 g/mol. The van der Waals surface area contributed by atoms with Crippen LogP contribution in [0.5, 0.6) is 0 Å². The number of carbonyl (C=O) groups excluding carboxylic acids is 1. The summed E-state index contributed by atoms with van der Waals surface area (Å²) < 4.78 is 28.4. The van der Waals surface area contributed by atoms with Gasteiger partial charge in [0.2, 0.25) is 5.91 Å². The molecule has 0 heterocycles. The fourth-order valence-electron chi connectivity index (χ4n) is 2.84. The maximum atomic E-state index is 13.2. The SMILES string of the molecule is O=C(CN(c1ccc(Br)cc1)S(=O)(=O)c1ccccc1)NCCCSc1ccccc1. The third-order valence-corrected chi connectivity index (χ3v) is 7.80. The van der Waals surface area contributed by atoms with Crippen molar-refractivity contribution in [3.05, 3.63) is 89.4 Å². The largest absolute Gasteiger partial charge is 0.354 e. The minimum absolute atomic E-state index is 0.143. The van der Waals surface area contributed by atoms with Gasteiger partial charge < -0.3 is 5.32 Å². The highest BCUT2D eigenvalue weighted by Gasteiger charge is 2.26.